The van der Waals surface area contributed by atoms with Crippen molar-refractivity contribution in [2.45, 2.75) is 92.9 Å². The van der Waals surface area contributed by atoms with E-state index < -0.39 is 55.4 Å². The molecule has 0 aromatic heterocycles. The lowest BCUT2D eigenvalue weighted by atomic mass is 10.0. The van der Waals surface area contributed by atoms with Gasteiger partial charge in [-0.05, 0) is 65.0 Å². The highest BCUT2D eigenvalue weighted by molar-refractivity contribution is 7.92. The number of carbonyl (C=O) groups excluding carboxylic acids is 2. The highest BCUT2D eigenvalue weighted by Crippen LogP contribution is 2.39. The third kappa shape index (κ3) is 6.32. The molecule has 1 aliphatic carbocycles. The van der Waals surface area contributed by atoms with Crippen LogP contribution in [0, 0.1) is 11.5 Å². The van der Waals surface area contributed by atoms with Gasteiger partial charge in [0.2, 0.25) is 0 Å². The zero-order valence-electron chi connectivity index (χ0n) is 22.1. The molecule has 0 N–H and O–H groups in total. The maximum absolute atomic E-state index is 13.7. The summed E-state index contributed by atoms with van der Waals surface area (Å²) in [5, 5.41) is 8.35. The first-order valence-corrected chi connectivity index (χ1v) is 14.5. The minimum absolute atomic E-state index is 0.147. The monoisotopic (exact) mass is 570 g/mol. The minimum atomic E-state index is -4.87. The summed E-state index contributed by atoms with van der Waals surface area (Å²) in [6.45, 7) is 5.76. The Morgan fingerprint density at radius 1 is 1.08 bits per heavy atom. The van der Waals surface area contributed by atoms with Gasteiger partial charge < -0.3 is 9.64 Å². The van der Waals surface area contributed by atoms with Gasteiger partial charge in [0.15, 0.2) is 16.0 Å². The number of piperidine rings is 1. The number of ether oxygens (including phenoxy) is 1. The summed E-state index contributed by atoms with van der Waals surface area (Å²) in [5.74, 6) is -0.531. The number of halogens is 3. The van der Waals surface area contributed by atoms with Crippen LogP contribution in [0.3, 0.4) is 0 Å². The maximum atomic E-state index is 13.7. The molecule has 39 heavy (non-hydrogen) atoms. The molecule has 4 rings (SSSR count). The molecule has 2 atom stereocenters. The Morgan fingerprint density at radius 2 is 1.69 bits per heavy atom. The molecule has 0 spiro atoms. The van der Waals surface area contributed by atoms with Crippen molar-refractivity contribution in [2.75, 3.05) is 19.6 Å². The molecule has 2 saturated heterocycles. The molecule has 214 valence electrons. The highest BCUT2D eigenvalue weighted by Gasteiger charge is 2.50. The molecule has 1 saturated carbocycles. The zero-order chi connectivity index (χ0) is 28.8. The Balaban J connectivity index is 1.59. The quantitative estimate of drug-likeness (QED) is 0.391. The second-order valence-electron chi connectivity index (χ2n) is 11.3. The number of nitrogens with zero attached hydrogens (tertiary/aromatic N) is 4. The molecule has 2 heterocycles. The van der Waals surface area contributed by atoms with Crippen molar-refractivity contribution in [3.63, 3.8) is 0 Å². The van der Waals surface area contributed by atoms with E-state index in [1.165, 1.54) is 6.07 Å². The Morgan fingerprint density at radius 3 is 2.23 bits per heavy atom. The molecule has 2 aliphatic heterocycles. The largest absolute Gasteiger partial charge is 0.444 e. The predicted octanol–water partition coefficient (Wildman–Crippen LogP) is 3.79. The van der Waals surface area contributed by atoms with Gasteiger partial charge in [0.1, 0.15) is 5.60 Å². The average molecular weight is 571 g/mol. The topological polar surface area (TPSA) is 111 Å². The van der Waals surface area contributed by atoms with E-state index in [4.69, 9.17) is 4.74 Å². The fraction of sp³-hybridized carbons (Fsp3) is 0.654. The normalized spacial score (nSPS) is 23.4. The van der Waals surface area contributed by atoms with Crippen LogP contribution in [0.5, 0.6) is 0 Å². The number of hydrogen-bond acceptors (Lipinski definition) is 7. The SMILES string of the molecule is CC(C)(C)OC(=O)N1CCC(N2CC(S(=O)(=O)c3ccccc3C(F)(F)F)CC2C(=O)N(C#N)C2CC2)CC1. The number of hydrogen-bond donors (Lipinski definition) is 0. The number of nitriles is 1. The summed E-state index contributed by atoms with van der Waals surface area (Å²) in [7, 11) is -4.47. The lowest BCUT2D eigenvalue weighted by Gasteiger charge is -2.39. The van der Waals surface area contributed by atoms with Crippen LogP contribution < -0.4 is 0 Å². The second kappa shape index (κ2) is 10.6. The van der Waals surface area contributed by atoms with E-state index in [0.717, 1.165) is 23.1 Å². The number of carbonyl (C=O) groups is 2. The van der Waals surface area contributed by atoms with Crippen LogP contribution in [0.2, 0.25) is 0 Å². The van der Waals surface area contributed by atoms with E-state index in [0.29, 0.717) is 38.8 Å². The standard InChI is InChI=1S/C26H33F3N4O5S/c1-25(2,3)38-24(35)31-12-10-18(11-13-31)32-15-19(14-21(32)23(34)33(16-30)17-8-9-17)39(36,37)22-7-5-4-6-20(22)26(27,28)29/h4-7,17-19,21H,8-15H2,1-3H3. The van der Waals surface area contributed by atoms with E-state index in [1.807, 2.05) is 6.19 Å². The van der Waals surface area contributed by atoms with Gasteiger partial charge in [0.25, 0.3) is 5.91 Å². The van der Waals surface area contributed by atoms with Crippen LogP contribution in [-0.4, -0.2) is 83.7 Å². The number of amides is 2. The van der Waals surface area contributed by atoms with Crippen molar-refractivity contribution < 1.29 is 35.9 Å². The molecular formula is C26H33F3N4O5S. The molecule has 13 heteroatoms. The number of rotatable bonds is 5. The number of sulfone groups is 1. The van der Waals surface area contributed by atoms with Gasteiger partial charge >= 0.3 is 12.3 Å². The van der Waals surface area contributed by atoms with Gasteiger partial charge in [0, 0.05) is 31.7 Å². The lowest BCUT2D eigenvalue weighted by Crippen LogP contribution is -2.53. The number of alkyl halides is 3. The molecule has 2 amide bonds. The van der Waals surface area contributed by atoms with Gasteiger partial charge in [0.05, 0.1) is 21.8 Å². The average Bonchev–Trinajstić information content (AvgIpc) is 3.58. The minimum Gasteiger partial charge on any atom is -0.444 e. The summed E-state index contributed by atoms with van der Waals surface area (Å²) in [6, 6.07) is 2.56. The van der Waals surface area contributed by atoms with Gasteiger partial charge in [-0.2, -0.15) is 18.4 Å². The Bertz CT molecular complexity index is 1250. The van der Waals surface area contributed by atoms with Crippen LogP contribution in [0.25, 0.3) is 0 Å². The zero-order valence-corrected chi connectivity index (χ0v) is 23.0. The van der Waals surface area contributed by atoms with Crippen molar-refractivity contribution in [1.29, 1.82) is 5.26 Å². The van der Waals surface area contributed by atoms with Crippen molar-refractivity contribution in [3.8, 4) is 6.19 Å². The van der Waals surface area contributed by atoms with Gasteiger partial charge in [-0.1, -0.05) is 12.1 Å². The third-order valence-corrected chi connectivity index (χ3v) is 9.55. The van der Waals surface area contributed by atoms with E-state index >= 15 is 0 Å². The van der Waals surface area contributed by atoms with Crippen molar-refractivity contribution >= 4 is 21.8 Å². The summed E-state index contributed by atoms with van der Waals surface area (Å²) in [4.78, 5) is 29.5. The fourth-order valence-electron chi connectivity index (χ4n) is 5.33. The molecule has 0 bridgehead atoms. The molecular weight excluding hydrogens is 537 g/mol. The maximum Gasteiger partial charge on any atom is 0.417 e. The Labute approximate surface area is 226 Å². The number of likely N-dealkylation sites (tertiary alicyclic amines) is 2. The smallest absolute Gasteiger partial charge is 0.417 e. The van der Waals surface area contributed by atoms with Crippen molar-refractivity contribution in [3.05, 3.63) is 29.8 Å². The number of benzene rings is 1. The van der Waals surface area contributed by atoms with E-state index in [9.17, 15) is 36.4 Å². The summed E-state index contributed by atoms with van der Waals surface area (Å²) >= 11 is 0. The van der Waals surface area contributed by atoms with E-state index in [1.54, 1.807) is 30.6 Å². The first-order valence-electron chi connectivity index (χ1n) is 13.0. The lowest BCUT2D eigenvalue weighted by molar-refractivity contribution is -0.140. The van der Waals surface area contributed by atoms with Crippen LogP contribution in [0.1, 0.15) is 58.4 Å². The Hall–Kier alpha value is -2.85. The highest BCUT2D eigenvalue weighted by atomic mass is 32.2. The van der Waals surface area contributed by atoms with Crippen LogP contribution in [0.4, 0.5) is 18.0 Å². The predicted molar refractivity (Wildman–Crippen MR) is 134 cm³/mol. The third-order valence-electron chi connectivity index (χ3n) is 7.37. The molecule has 1 aromatic rings. The van der Waals surface area contributed by atoms with Gasteiger partial charge in [-0.25, -0.2) is 18.1 Å². The Kier molecular flexibility index (Phi) is 7.93. The van der Waals surface area contributed by atoms with Crippen molar-refractivity contribution in [2.24, 2.45) is 0 Å². The first-order chi connectivity index (χ1) is 18.1. The summed E-state index contributed by atoms with van der Waals surface area (Å²) in [6.07, 6.45) is -1.46. The summed E-state index contributed by atoms with van der Waals surface area (Å²) in [5.41, 5.74) is -1.91. The summed E-state index contributed by atoms with van der Waals surface area (Å²) < 4.78 is 73.6. The van der Waals surface area contributed by atoms with Crippen molar-refractivity contribution in [1.82, 2.24) is 14.7 Å². The fourth-order valence-corrected chi connectivity index (χ4v) is 7.25. The van der Waals surface area contributed by atoms with Crippen LogP contribution >= 0.6 is 0 Å². The second-order valence-corrected chi connectivity index (χ2v) is 13.5. The van der Waals surface area contributed by atoms with Gasteiger partial charge in [-0.15, -0.1) is 0 Å². The van der Waals surface area contributed by atoms with Gasteiger partial charge in [-0.3, -0.25) is 9.69 Å². The molecule has 3 aliphatic rings. The molecule has 0 radical (unpaired) electrons. The van der Waals surface area contributed by atoms with E-state index in [-0.39, 0.29) is 25.0 Å². The van der Waals surface area contributed by atoms with E-state index in [2.05, 4.69) is 0 Å². The van der Waals surface area contributed by atoms with Crippen LogP contribution in [0.15, 0.2) is 29.2 Å². The molecule has 1 aromatic carbocycles. The molecule has 2 unspecified atom stereocenters. The molecule has 3 fully saturated rings. The molecule has 9 nitrogen and oxygen atoms in total. The van der Waals surface area contributed by atoms with Crippen LogP contribution in [-0.2, 0) is 25.5 Å². The first kappa shape index (κ1) is 29.1.